The van der Waals surface area contributed by atoms with E-state index in [1.54, 1.807) is 0 Å². The smallest absolute Gasteiger partial charge is 0.0480 e. The lowest BCUT2D eigenvalue weighted by molar-refractivity contribution is 1.36. The lowest BCUT2D eigenvalue weighted by Gasteiger charge is -2.12. The minimum absolute atomic E-state index is 0.619. The van der Waals surface area contributed by atoms with Crippen LogP contribution in [0.25, 0.3) is 12.2 Å². The van der Waals surface area contributed by atoms with Gasteiger partial charge in [-0.05, 0) is 16.7 Å². The Morgan fingerprint density at radius 3 is 2.60 bits per heavy atom. The fourth-order valence-electron chi connectivity index (χ4n) is 1.17. The van der Waals surface area contributed by atoms with Gasteiger partial charge in [-0.3, -0.25) is 0 Å². The molecule has 0 amide bonds. The molecule has 0 saturated carbocycles. The third-order valence-electron chi connectivity index (χ3n) is 1.80. The largest absolute Gasteiger partial charge is 0.122 e. The van der Waals surface area contributed by atoms with E-state index in [2.05, 4.69) is 24.3 Å². The van der Waals surface area contributed by atoms with Gasteiger partial charge < -0.3 is 0 Å². The molecule has 0 aromatic heterocycles. The summed E-state index contributed by atoms with van der Waals surface area (Å²) in [4.78, 5) is 0. The number of halogens is 1. The van der Waals surface area contributed by atoms with Crippen LogP contribution < -0.4 is 0 Å². The first-order valence-electron chi connectivity index (χ1n) is 3.28. The molecular weight excluding hydrogens is 144 g/mol. The van der Waals surface area contributed by atoms with Gasteiger partial charge in [0.25, 0.3) is 0 Å². The molecule has 1 aliphatic rings. The summed E-state index contributed by atoms with van der Waals surface area (Å²) in [6, 6.07) is 6.21. The highest BCUT2D eigenvalue weighted by Crippen LogP contribution is 2.27. The van der Waals surface area contributed by atoms with Crippen molar-refractivity contribution >= 4 is 23.8 Å². The minimum Gasteiger partial charge on any atom is -0.122 e. The first-order valence-corrected chi connectivity index (χ1v) is 3.81. The average molecular weight is 151 g/mol. The molecule has 1 aromatic carbocycles. The van der Waals surface area contributed by atoms with Gasteiger partial charge in [-0.2, -0.15) is 0 Å². The van der Waals surface area contributed by atoms with E-state index in [9.17, 15) is 0 Å². The number of benzene rings is 1. The maximum Gasteiger partial charge on any atom is 0.0480 e. The molecule has 0 unspecified atom stereocenters. The Morgan fingerprint density at radius 2 is 2.10 bits per heavy atom. The van der Waals surface area contributed by atoms with Crippen LogP contribution in [-0.2, 0) is 5.88 Å². The molecular formula is C9H7Cl. The highest BCUT2D eigenvalue weighted by atomic mass is 35.5. The molecule has 1 aromatic rings. The quantitative estimate of drug-likeness (QED) is 0.549. The molecule has 0 heterocycles. The Labute approximate surface area is 65.1 Å². The van der Waals surface area contributed by atoms with Crippen molar-refractivity contribution in [3.05, 3.63) is 34.9 Å². The highest BCUT2D eigenvalue weighted by molar-refractivity contribution is 6.17. The molecule has 0 saturated heterocycles. The van der Waals surface area contributed by atoms with Gasteiger partial charge in [-0.15, -0.1) is 11.6 Å². The lowest BCUT2D eigenvalue weighted by Crippen LogP contribution is -1.94. The van der Waals surface area contributed by atoms with E-state index in [-0.39, 0.29) is 0 Å². The Hall–Kier alpha value is -0.750. The molecule has 0 N–H and O–H groups in total. The van der Waals surface area contributed by atoms with Crippen LogP contribution in [-0.4, -0.2) is 0 Å². The van der Waals surface area contributed by atoms with Crippen LogP contribution in [0.5, 0.6) is 0 Å². The molecule has 0 fully saturated rings. The maximum atomic E-state index is 5.70. The van der Waals surface area contributed by atoms with Crippen molar-refractivity contribution < 1.29 is 0 Å². The minimum atomic E-state index is 0.619. The Bertz CT molecular complexity index is 287. The van der Waals surface area contributed by atoms with Gasteiger partial charge in [0, 0.05) is 5.88 Å². The van der Waals surface area contributed by atoms with Crippen molar-refractivity contribution in [2.45, 2.75) is 5.88 Å². The van der Waals surface area contributed by atoms with Crippen molar-refractivity contribution in [1.82, 2.24) is 0 Å². The SMILES string of the molecule is ClCc1cccc2c1C=C2. The van der Waals surface area contributed by atoms with E-state index in [1.807, 2.05) is 6.07 Å². The summed E-state index contributed by atoms with van der Waals surface area (Å²) in [5, 5.41) is 0. The number of rotatable bonds is 1. The molecule has 1 heteroatoms. The van der Waals surface area contributed by atoms with Crippen molar-refractivity contribution in [3.8, 4) is 0 Å². The van der Waals surface area contributed by atoms with E-state index in [0.717, 1.165) is 0 Å². The molecule has 0 aliphatic heterocycles. The standard InChI is InChI=1S/C9H7Cl/c10-6-8-3-1-2-7-4-5-9(7)8/h1-5H,6H2. The Kier molecular flexibility index (Phi) is 1.28. The van der Waals surface area contributed by atoms with Crippen molar-refractivity contribution in [2.75, 3.05) is 0 Å². The summed E-state index contributed by atoms with van der Waals surface area (Å²) in [5.41, 5.74) is 3.87. The topological polar surface area (TPSA) is 0 Å². The number of hydrogen-bond donors (Lipinski definition) is 0. The molecule has 2 rings (SSSR count). The molecule has 0 nitrogen and oxygen atoms in total. The van der Waals surface area contributed by atoms with E-state index in [0.29, 0.717) is 5.88 Å². The maximum absolute atomic E-state index is 5.70. The summed E-state index contributed by atoms with van der Waals surface area (Å²) in [5.74, 6) is 0.619. The number of alkyl halides is 1. The third kappa shape index (κ3) is 0.691. The lowest BCUT2D eigenvalue weighted by atomic mass is 9.94. The molecule has 50 valence electrons. The Morgan fingerprint density at radius 1 is 1.20 bits per heavy atom. The summed E-state index contributed by atoms with van der Waals surface area (Å²) >= 11 is 5.70. The zero-order chi connectivity index (χ0) is 6.97. The summed E-state index contributed by atoms with van der Waals surface area (Å²) in [6.07, 6.45) is 4.21. The zero-order valence-corrected chi connectivity index (χ0v) is 6.23. The fourth-order valence-corrected chi connectivity index (χ4v) is 1.41. The van der Waals surface area contributed by atoms with Crippen LogP contribution in [0.15, 0.2) is 18.2 Å². The van der Waals surface area contributed by atoms with Gasteiger partial charge >= 0.3 is 0 Å². The second kappa shape index (κ2) is 2.14. The molecule has 0 bridgehead atoms. The van der Waals surface area contributed by atoms with E-state index < -0.39 is 0 Å². The van der Waals surface area contributed by atoms with Gasteiger partial charge in [0.05, 0.1) is 0 Å². The molecule has 0 radical (unpaired) electrons. The van der Waals surface area contributed by atoms with Gasteiger partial charge in [-0.1, -0.05) is 30.4 Å². The monoisotopic (exact) mass is 150 g/mol. The number of fused-ring (bicyclic) bond motifs is 1. The first-order chi connectivity index (χ1) is 4.92. The average Bonchev–Trinajstić information content (AvgIpc) is 1.91. The van der Waals surface area contributed by atoms with Gasteiger partial charge in [0.2, 0.25) is 0 Å². The third-order valence-corrected chi connectivity index (χ3v) is 2.09. The van der Waals surface area contributed by atoms with Crippen molar-refractivity contribution in [1.29, 1.82) is 0 Å². The second-order valence-corrected chi connectivity index (χ2v) is 2.65. The van der Waals surface area contributed by atoms with Crippen LogP contribution >= 0.6 is 11.6 Å². The van der Waals surface area contributed by atoms with Crippen LogP contribution in [0.2, 0.25) is 0 Å². The fraction of sp³-hybridized carbons (Fsp3) is 0.111. The molecule has 10 heavy (non-hydrogen) atoms. The predicted octanol–water partition coefficient (Wildman–Crippen LogP) is 2.91. The van der Waals surface area contributed by atoms with E-state index in [4.69, 9.17) is 11.6 Å². The predicted molar refractivity (Wildman–Crippen MR) is 44.9 cm³/mol. The van der Waals surface area contributed by atoms with E-state index in [1.165, 1.54) is 16.7 Å². The van der Waals surface area contributed by atoms with Crippen LogP contribution in [0, 0.1) is 0 Å². The Balaban J connectivity index is 2.55. The summed E-state index contributed by atoms with van der Waals surface area (Å²) in [7, 11) is 0. The van der Waals surface area contributed by atoms with Crippen LogP contribution in [0.4, 0.5) is 0 Å². The van der Waals surface area contributed by atoms with Crippen LogP contribution in [0.3, 0.4) is 0 Å². The van der Waals surface area contributed by atoms with E-state index >= 15 is 0 Å². The molecule has 0 atom stereocenters. The van der Waals surface area contributed by atoms with Gasteiger partial charge in [0.1, 0.15) is 0 Å². The summed E-state index contributed by atoms with van der Waals surface area (Å²) in [6.45, 7) is 0. The normalized spacial score (nSPS) is 12.5. The second-order valence-electron chi connectivity index (χ2n) is 2.39. The summed E-state index contributed by atoms with van der Waals surface area (Å²) < 4.78 is 0. The first kappa shape index (κ1) is 5.99. The van der Waals surface area contributed by atoms with Crippen molar-refractivity contribution in [3.63, 3.8) is 0 Å². The van der Waals surface area contributed by atoms with Gasteiger partial charge in [-0.25, -0.2) is 0 Å². The number of hydrogen-bond acceptors (Lipinski definition) is 0. The molecule has 1 aliphatic carbocycles. The van der Waals surface area contributed by atoms with Gasteiger partial charge in [0.15, 0.2) is 0 Å². The van der Waals surface area contributed by atoms with Crippen molar-refractivity contribution in [2.24, 2.45) is 0 Å². The highest BCUT2D eigenvalue weighted by Gasteiger charge is 2.07. The van der Waals surface area contributed by atoms with Crippen LogP contribution in [0.1, 0.15) is 16.7 Å². The molecule has 0 spiro atoms. The zero-order valence-electron chi connectivity index (χ0n) is 5.47.